The standard InChI is InChI=1S/C14H16F3N3/c1-2-20-13(7-8-19-20)10-18-9-11-3-5-12(6-4-11)14(15,16)17/h3-8,18H,2,9-10H2,1H3. The minimum Gasteiger partial charge on any atom is -0.307 e. The molecular weight excluding hydrogens is 267 g/mol. The van der Waals surface area contributed by atoms with E-state index in [4.69, 9.17) is 0 Å². The molecule has 0 amide bonds. The Balaban J connectivity index is 1.88. The lowest BCUT2D eigenvalue weighted by Gasteiger charge is -2.09. The summed E-state index contributed by atoms with van der Waals surface area (Å²) in [4.78, 5) is 0. The first-order valence-electron chi connectivity index (χ1n) is 6.38. The maximum Gasteiger partial charge on any atom is 0.416 e. The van der Waals surface area contributed by atoms with Gasteiger partial charge in [-0.25, -0.2) is 0 Å². The van der Waals surface area contributed by atoms with Crippen molar-refractivity contribution in [3.8, 4) is 0 Å². The van der Waals surface area contributed by atoms with E-state index >= 15 is 0 Å². The summed E-state index contributed by atoms with van der Waals surface area (Å²) in [6.45, 7) is 3.96. The summed E-state index contributed by atoms with van der Waals surface area (Å²) >= 11 is 0. The molecular formula is C14H16F3N3. The Bertz CT molecular complexity index is 544. The molecule has 0 atom stereocenters. The lowest BCUT2D eigenvalue weighted by atomic mass is 10.1. The van der Waals surface area contributed by atoms with Gasteiger partial charge in [-0.2, -0.15) is 18.3 Å². The van der Waals surface area contributed by atoms with Gasteiger partial charge in [-0.3, -0.25) is 4.68 Å². The van der Waals surface area contributed by atoms with Crippen molar-refractivity contribution in [2.24, 2.45) is 0 Å². The van der Waals surface area contributed by atoms with Crippen LogP contribution in [-0.2, 0) is 25.8 Å². The molecule has 0 aliphatic rings. The maximum absolute atomic E-state index is 12.4. The molecule has 0 saturated carbocycles. The van der Waals surface area contributed by atoms with Gasteiger partial charge in [0.1, 0.15) is 0 Å². The first kappa shape index (κ1) is 14.6. The summed E-state index contributed by atoms with van der Waals surface area (Å²) in [5.41, 5.74) is 1.25. The van der Waals surface area contributed by atoms with Crippen LogP contribution >= 0.6 is 0 Å². The fourth-order valence-corrected chi connectivity index (χ4v) is 1.94. The number of nitrogens with zero attached hydrogens (tertiary/aromatic N) is 2. The van der Waals surface area contributed by atoms with Crippen LogP contribution < -0.4 is 5.32 Å². The number of rotatable bonds is 5. The second kappa shape index (κ2) is 6.09. The van der Waals surface area contributed by atoms with Crippen LogP contribution in [0.4, 0.5) is 13.2 Å². The molecule has 0 aliphatic heterocycles. The van der Waals surface area contributed by atoms with Crippen molar-refractivity contribution in [2.45, 2.75) is 32.7 Å². The molecule has 0 bridgehead atoms. The van der Waals surface area contributed by atoms with E-state index in [1.807, 2.05) is 17.7 Å². The third-order valence-corrected chi connectivity index (χ3v) is 3.02. The number of hydrogen-bond donors (Lipinski definition) is 1. The molecule has 20 heavy (non-hydrogen) atoms. The quantitative estimate of drug-likeness (QED) is 0.913. The van der Waals surface area contributed by atoms with Gasteiger partial charge in [0.25, 0.3) is 0 Å². The maximum atomic E-state index is 12.4. The molecule has 1 aromatic carbocycles. The minimum atomic E-state index is -4.28. The van der Waals surface area contributed by atoms with E-state index in [2.05, 4.69) is 10.4 Å². The van der Waals surface area contributed by atoms with Crippen LogP contribution in [0.5, 0.6) is 0 Å². The lowest BCUT2D eigenvalue weighted by molar-refractivity contribution is -0.137. The minimum absolute atomic E-state index is 0.521. The monoisotopic (exact) mass is 283 g/mol. The van der Waals surface area contributed by atoms with Crippen molar-refractivity contribution < 1.29 is 13.2 Å². The van der Waals surface area contributed by atoms with Crippen LogP contribution in [0, 0.1) is 0 Å². The number of nitrogens with one attached hydrogen (secondary N) is 1. The largest absolute Gasteiger partial charge is 0.416 e. The molecule has 1 heterocycles. The summed E-state index contributed by atoms with van der Waals surface area (Å²) in [7, 11) is 0. The number of alkyl halides is 3. The second-order valence-electron chi connectivity index (χ2n) is 4.44. The molecule has 6 heteroatoms. The smallest absolute Gasteiger partial charge is 0.307 e. The highest BCUT2D eigenvalue weighted by atomic mass is 19.4. The molecule has 3 nitrogen and oxygen atoms in total. The summed E-state index contributed by atoms with van der Waals surface area (Å²) < 4.78 is 39.1. The third-order valence-electron chi connectivity index (χ3n) is 3.02. The molecule has 1 N–H and O–H groups in total. The highest BCUT2D eigenvalue weighted by molar-refractivity contribution is 5.24. The first-order valence-corrected chi connectivity index (χ1v) is 6.38. The van der Waals surface area contributed by atoms with Gasteiger partial charge in [0.15, 0.2) is 0 Å². The summed E-state index contributed by atoms with van der Waals surface area (Å²) in [5.74, 6) is 0. The van der Waals surface area contributed by atoms with Crippen molar-refractivity contribution in [3.63, 3.8) is 0 Å². The molecule has 0 saturated heterocycles. The van der Waals surface area contributed by atoms with E-state index in [-0.39, 0.29) is 0 Å². The van der Waals surface area contributed by atoms with E-state index in [0.29, 0.717) is 13.1 Å². The Morgan fingerprint density at radius 2 is 1.80 bits per heavy atom. The lowest BCUT2D eigenvalue weighted by Crippen LogP contribution is -2.16. The van der Waals surface area contributed by atoms with Crippen LogP contribution in [-0.4, -0.2) is 9.78 Å². The Kier molecular flexibility index (Phi) is 4.44. The van der Waals surface area contributed by atoms with Crippen molar-refractivity contribution in [2.75, 3.05) is 0 Å². The molecule has 2 aromatic rings. The predicted molar refractivity (Wildman–Crippen MR) is 69.9 cm³/mol. The molecule has 108 valence electrons. The van der Waals surface area contributed by atoms with Gasteiger partial charge in [-0.1, -0.05) is 12.1 Å². The SMILES string of the molecule is CCn1nccc1CNCc1ccc(C(F)(F)F)cc1. The van der Waals surface area contributed by atoms with Crippen molar-refractivity contribution in [3.05, 3.63) is 53.3 Å². The molecule has 2 rings (SSSR count). The van der Waals surface area contributed by atoms with Crippen LogP contribution in [0.1, 0.15) is 23.7 Å². The average molecular weight is 283 g/mol. The van der Waals surface area contributed by atoms with E-state index in [9.17, 15) is 13.2 Å². The summed E-state index contributed by atoms with van der Waals surface area (Å²) in [5, 5.41) is 7.35. The van der Waals surface area contributed by atoms with Gasteiger partial charge in [0.05, 0.1) is 11.3 Å². The Morgan fingerprint density at radius 3 is 2.40 bits per heavy atom. The predicted octanol–water partition coefficient (Wildman–Crippen LogP) is 3.21. The summed E-state index contributed by atoms with van der Waals surface area (Å²) in [6, 6.07) is 7.11. The van der Waals surface area contributed by atoms with Crippen LogP contribution in [0.2, 0.25) is 0 Å². The van der Waals surface area contributed by atoms with Crippen molar-refractivity contribution in [1.29, 1.82) is 0 Å². The molecule has 1 aromatic heterocycles. The zero-order valence-electron chi connectivity index (χ0n) is 11.1. The zero-order valence-corrected chi connectivity index (χ0v) is 11.1. The Hall–Kier alpha value is -1.82. The highest BCUT2D eigenvalue weighted by Crippen LogP contribution is 2.29. The van der Waals surface area contributed by atoms with Crippen LogP contribution in [0.25, 0.3) is 0 Å². The van der Waals surface area contributed by atoms with E-state index in [1.54, 1.807) is 6.20 Å². The number of halogens is 3. The van der Waals surface area contributed by atoms with Gasteiger partial charge in [-0.05, 0) is 30.7 Å². The van der Waals surface area contributed by atoms with Gasteiger partial charge in [0.2, 0.25) is 0 Å². The molecule has 0 spiro atoms. The zero-order chi connectivity index (χ0) is 14.6. The molecule has 0 radical (unpaired) electrons. The average Bonchev–Trinajstić information content (AvgIpc) is 2.86. The number of aryl methyl sites for hydroxylation is 1. The highest BCUT2D eigenvalue weighted by Gasteiger charge is 2.29. The molecule has 0 aliphatic carbocycles. The van der Waals surface area contributed by atoms with Crippen LogP contribution in [0.15, 0.2) is 36.5 Å². The van der Waals surface area contributed by atoms with Gasteiger partial charge in [0, 0.05) is 25.8 Å². The van der Waals surface area contributed by atoms with Gasteiger partial charge < -0.3 is 5.32 Å². The summed E-state index contributed by atoms with van der Waals surface area (Å²) in [6.07, 6.45) is -2.54. The number of hydrogen-bond acceptors (Lipinski definition) is 2. The van der Waals surface area contributed by atoms with E-state index in [1.165, 1.54) is 12.1 Å². The number of aromatic nitrogens is 2. The Labute approximate surface area is 115 Å². The fourth-order valence-electron chi connectivity index (χ4n) is 1.94. The molecule has 0 fully saturated rings. The normalized spacial score (nSPS) is 11.8. The van der Waals surface area contributed by atoms with Gasteiger partial charge >= 0.3 is 6.18 Å². The van der Waals surface area contributed by atoms with Crippen molar-refractivity contribution >= 4 is 0 Å². The third kappa shape index (κ3) is 3.60. The molecule has 0 unspecified atom stereocenters. The van der Waals surface area contributed by atoms with Crippen LogP contribution in [0.3, 0.4) is 0 Å². The topological polar surface area (TPSA) is 29.9 Å². The second-order valence-corrected chi connectivity index (χ2v) is 4.44. The van der Waals surface area contributed by atoms with E-state index in [0.717, 1.165) is 29.9 Å². The van der Waals surface area contributed by atoms with E-state index < -0.39 is 11.7 Å². The fraction of sp³-hybridized carbons (Fsp3) is 0.357. The van der Waals surface area contributed by atoms with Gasteiger partial charge in [-0.15, -0.1) is 0 Å². The van der Waals surface area contributed by atoms with Crippen molar-refractivity contribution in [1.82, 2.24) is 15.1 Å². The number of benzene rings is 1. The first-order chi connectivity index (χ1) is 9.50. The Morgan fingerprint density at radius 1 is 1.10 bits per heavy atom.